The van der Waals surface area contributed by atoms with Crippen molar-refractivity contribution in [3.05, 3.63) is 57.1 Å². The van der Waals surface area contributed by atoms with Gasteiger partial charge in [0.2, 0.25) is 5.88 Å². The fourth-order valence-electron chi connectivity index (χ4n) is 3.97. The molecule has 7 heteroatoms. The minimum absolute atomic E-state index is 0.104. The molecule has 0 unspecified atom stereocenters. The Labute approximate surface area is 156 Å². The number of aromatic amines is 1. The number of carbonyl (C=O) groups is 1. The van der Waals surface area contributed by atoms with Crippen molar-refractivity contribution in [2.75, 3.05) is 7.11 Å². The molecule has 2 heterocycles. The Kier molecular flexibility index (Phi) is 4.70. The Balaban J connectivity index is 1.59. The number of methoxy groups -OCH3 is 1. The molecule has 0 spiro atoms. The zero-order valence-corrected chi connectivity index (χ0v) is 15.2. The van der Waals surface area contributed by atoms with Crippen LogP contribution in [0.25, 0.3) is 0 Å². The lowest BCUT2D eigenvalue weighted by Crippen LogP contribution is -2.42. The van der Waals surface area contributed by atoms with Gasteiger partial charge >= 0.3 is 0 Å². The van der Waals surface area contributed by atoms with Gasteiger partial charge < -0.3 is 20.1 Å². The number of aromatic nitrogens is 2. The van der Waals surface area contributed by atoms with Gasteiger partial charge in [0.1, 0.15) is 5.56 Å². The number of hydrogen-bond acceptors (Lipinski definition) is 5. The highest BCUT2D eigenvalue weighted by Crippen LogP contribution is 2.38. The molecule has 1 atom stereocenters. The number of nitrogens with zero attached hydrogens (tertiary/aromatic N) is 1. The smallest absolute Gasteiger partial charge is 0.261 e. The molecule has 1 saturated carbocycles. The van der Waals surface area contributed by atoms with Crippen LogP contribution in [-0.4, -0.2) is 34.2 Å². The molecule has 0 saturated heterocycles. The van der Waals surface area contributed by atoms with E-state index >= 15 is 0 Å². The van der Waals surface area contributed by atoms with Crippen molar-refractivity contribution < 1.29 is 14.6 Å². The van der Waals surface area contributed by atoms with Crippen LogP contribution in [0.3, 0.4) is 0 Å². The third-order valence-corrected chi connectivity index (χ3v) is 5.57. The molecule has 142 valence electrons. The predicted octanol–water partition coefficient (Wildman–Crippen LogP) is 1.51. The monoisotopic (exact) mass is 369 g/mol. The number of ether oxygens (including phenoxy) is 1. The van der Waals surface area contributed by atoms with E-state index in [1.807, 2.05) is 6.07 Å². The summed E-state index contributed by atoms with van der Waals surface area (Å²) in [5, 5.41) is 12.7. The van der Waals surface area contributed by atoms with E-state index in [1.54, 1.807) is 25.4 Å². The first-order chi connectivity index (χ1) is 13.0. The topological polar surface area (TPSA) is 104 Å². The first kappa shape index (κ1) is 17.7. The Bertz CT molecular complexity index is 900. The highest BCUT2D eigenvalue weighted by atomic mass is 16.5. The Hall–Kier alpha value is -2.67. The summed E-state index contributed by atoms with van der Waals surface area (Å²) in [5.41, 5.74) is 2.60. The maximum Gasteiger partial charge on any atom is 0.261 e. The third-order valence-electron chi connectivity index (χ3n) is 5.57. The standard InChI is InChI=1S/C20H23N3O4/c1-27-17-6-5-12(10-21-17)18(13-7-14(24)8-13)23-20(26)15-9-11-3-2-4-16(11)22-19(15)25/h5-6,9-10,13-14,18,24H,2-4,7-8H2,1H3,(H,22,25)(H,23,26)/t13?,14?,18-/m1/s1. The first-order valence-electron chi connectivity index (χ1n) is 9.29. The Morgan fingerprint density at radius 1 is 1.37 bits per heavy atom. The molecule has 0 aromatic carbocycles. The average molecular weight is 369 g/mol. The summed E-state index contributed by atoms with van der Waals surface area (Å²) in [6, 6.07) is 5.00. The number of hydrogen-bond donors (Lipinski definition) is 3. The van der Waals surface area contributed by atoms with E-state index in [4.69, 9.17) is 4.74 Å². The van der Waals surface area contributed by atoms with Crippen molar-refractivity contribution in [2.45, 2.75) is 44.2 Å². The number of fused-ring (bicyclic) bond motifs is 1. The van der Waals surface area contributed by atoms with Crippen LogP contribution in [0.15, 0.2) is 29.2 Å². The molecule has 2 aromatic heterocycles. The van der Waals surface area contributed by atoms with E-state index in [0.717, 1.165) is 36.1 Å². The predicted molar refractivity (Wildman–Crippen MR) is 98.8 cm³/mol. The SMILES string of the molecule is COc1ccc([C@@H](NC(=O)c2cc3c([nH]c2=O)CCC3)C2CC(O)C2)cn1. The second-order valence-electron chi connectivity index (χ2n) is 7.34. The highest BCUT2D eigenvalue weighted by molar-refractivity contribution is 5.94. The summed E-state index contributed by atoms with van der Waals surface area (Å²) in [4.78, 5) is 32.3. The molecule has 2 aliphatic carbocycles. The highest BCUT2D eigenvalue weighted by Gasteiger charge is 2.36. The molecule has 1 amide bonds. The van der Waals surface area contributed by atoms with Gasteiger partial charge in [0.05, 0.1) is 19.3 Å². The van der Waals surface area contributed by atoms with Gasteiger partial charge in [-0.15, -0.1) is 0 Å². The van der Waals surface area contributed by atoms with Gasteiger partial charge in [-0.05, 0) is 55.2 Å². The number of pyridine rings is 2. The van der Waals surface area contributed by atoms with Gasteiger partial charge in [-0.25, -0.2) is 4.98 Å². The fraction of sp³-hybridized carbons (Fsp3) is 0.450. The van der Waals surface area contributed by atoms with E-state index in [9.17, 15) is 14.7 Å². The van der Waals surface area contributed by atoms with E-state index in [2.05, 4.69) is 15.3 Å². The number of aryl methyl sites for hydroxylation is 2. The maximum atomic E-state index is 12.9. The molecule has 0 bridgehead atoms. The second-order valence-corrected chi connectivity index (χ2v) is 7.34. The zero-order valence-electron chi connectivity index (χ0n) is 15.2. The van der Waals surface area contributed by atoms with Gasteiger partial charge in [-0.2, -0.15) is 0 Å². The maximum absolute atomic E-state index is 12.9. The first-order valence-corrected chi connectivity index (χ1v) is 9.29. The molecule has 27 heavy (non-hydrogen) atoms. The van der Waals surface area contributed by atoms with Crippen molar-refractivity contribution in [3.8, 4) is 5.88 Å². The quantitative estimate of drug-likeness (QED) is 0.741. The van der Waals surface area contributed by atoms with Gasteiger partial charge in [-0.1, -0.05) is 6.07 Å². The molecule has 0 radical (unpaired) electrons. The number of H-pyrrole nitrogens is 1. The van der Waals surface area contributed by atoms with Crippen LogP contribution in [0.5, 0.6) is 5.88 Å². The zero-order chi connectivity index (χ0) is 19.0. The second kappa shape index (κ2) is 7.15. The summed E-state index contributed by atoms with van der Waals surface area (Å²) in [7, 11) is 1.55. The Morgan fingerprint density at radius 2 is 2.19 bits per heavy atom. The van der Waals surface area contributed by atoms with Gasteiger partial charge in [0.15, 0.2) is 0 Å². The summed E-state index contributed by atoms with van der Waals surface area (Å²) < 4.78 is 5.09. The van der Waals surface area contributed by atoms with Crippen LogP contribution < -0.4 is 15.6 Å². The van der Waals surface area contributed by atoms with Gasteiger partial charge in [-0.3, -0.25) is 9.59 Å². The third kappa shape index (κ3) is 3.47. The van der Waals surface area contributed by atoms with Gasteiger partial charge in [0, 0.05) is 18.0 Å². The molecule has 7 nitrogen and oxygen atoms in total. The number of amides is 1. The van der Waals surface area contributed by atoms with Crippen molar-refractivity contribution in [1.29, 1.82) is 0 Å². The van der Waals surface area contributed by atoms with Crippen molar-refractivity contribution in [3.63, 3.8) is 0 Å². The summed E-state index contributed by atoms with van der Waals surface area (Å²) in [5.74, 6) is 0.202. The number of carbonyl (C=O) groups excluding carboxylic acids is 1. The van der Waals surface area contributed by atoms with Crippen LogP contribution in [0.2, 0.25) is 0 Å². The molecular formula is C20H23N3O4. The molecule has 0 aliphatic heterocycles. The van der Waals surface area contributed by atoms with Crippen LogP contribution in [-0.2, 0) is 12.8 Å². The van der Waals surface area contributed by atoms with Crippen LogP contribution in [0, 0.1) is 5.92 Å². The molecule has 2 aliphatic rings. The number of rotatable bonds is 5. The van der Waals surface area contributed by atoms with Crippen molar-refractivity contribution >= 4 is 5.91 Å². The lowest BCUT2D eigenvalue weighted by Gasteiger charge is -2.38. The van der Waals surface area contributed by atoms with E-state index in [-0.39, 0.29) is 29.2 Å². The van der Waals surface area contributed by atoms with Crippen LogP contribution in [0.4, 0.5) is 0 Å². The summed E-state index contributed by atoms with van der Waals surface area (Å²) in [6.07, 6.45) is 5.27. The summed E-state index contributed by atoms with van der Waals surface area (Å²) in [6.45, 7) is 0. The Morgan fingerprint density at radius 3 is 2.85 bits per heavy atom. The summed E-state index contributed by atoms with van der Waals surface area (Å²) >= 11 is 0. The minimum Gasteiger partial charge on any atom is -0.481 e. The lowest BCUT2D eigenvalue weighted by molar-refractivity contribution is 0.0234. The molecule has 3 N–H and O–H groups in total. The molecule has 1 fully saturated rings. The van der Waals surface area contributed by atoms with Crippen molar-refractivity contribution in [1.82, 2.24) is 15.3 Å². The molecule has 2 aromatic rings. The van der Waals surface area contributed by atoms with E-state index < -0.39 is 5.91 Å². The minimum atomic E-state index is -0.395. The number of aliphatic hydroxyl groups excluding tert-OH is 1. The largest absolute Gasteiger partial charge is 0.481 e. The van der Waals surface area contributed by atoms with Crippen LogP contribution >= 0.6 is 0 Å². The number of nitrogens with one attached hydrogen (secondary N) is 2. The van der Waals surface area contributed by atoms with E-state index in [0.29, 0.717) is 18.7 Å². The normalized spacial score (nSPS) is 21.9. The average Bonchev–Trinajstić information content (AvgIpc) is 3.10. The molecular weight excluding hydrogens is 346 g/mol. The molecule has 4 rings (SSSR count). The van der Waals surface area contributed by atoms with Crippen LogP contribution in [0.1, 0.15) is 52.5 Å². The fourth-order valence-corrected chi connectivity index (χ4v) is 3.97. The lowest BCUT2D eigenvalue weighted by atomic mass is 9.75. The number of aliphatic hydroxyl groups is 1. The van der Waals surface area contributed by atoms with Crippen molar-refractivity contribution in [2.24, 2.45) is 5.92 Å². The van der Waals surface area contributed by atoms with E-state index in [1.165, 1.54) is 0 Å². The van der Waals surface area contributed by atoms with Gasteiger partial charge in [0.25, 0.3) is 11.5 Å².